The van der Waals surface area contributed by atoms with Crippen LogP contribution in [0.25, 0.3) is 22.4 Å². The topological polar surface area (TPSA) is 82.7 Å². The fourth-order valence-corrected chi connectivity index (χ4v) is 5.59. The molecule has 29 heavy (non-hydrogen) atoms. The van der Waals surface area contributed by atoms with Gasteiger partial charge in [0.1, 0.15) is 22.2 Å². The molecule has 4 aromatic rings. The van der Waals surface area contributed by atoms with Crippen molar-refractivity contribution in [2.24, 2.45) is 7.05 Å². The number of benzene rings is 1. The Bertz CT molecular complexity index is 1220. The Morgan fingerprint density at radius 1 is 1.17 bits per heavy atom. The second kappa shape index (κ2) is 8.04. The standard InChI is InChI=1S/C18H18ClIN7OP/c1-9-15(25-26(3)24-9)11-6-5-7-12(17(11)28-4)22-13-8-14(19)23-18-16(13)21-10(2)27(18)29-20/h5-8,29H,1-4H3,(H,22,23). The molecule has 1 unspecified atom stereocenters. The Hall–Kier alpha value is -1.97. The second-order valence-electron chi connectivity index (χ2n) is 6.38. The summed E-state index contributed by atoms with van der Waals surface area (Å²) in [7, 11) is 3.44. The van der Waals surface area contributed by atoms with Crippen LogP contribution in [0.3, 0.4) is 0 Å². The summed E-state index contributed by atoms with van der Waals surface area (Å²) < 4.78 is 7.79. The van der Waals surface area contributed by atoms with Crippen molar-refractivity contribution in [3.05, 3.63) is 40.9 Å². The normalized spacial score (nSPS) is 11.7. The third kappa shape index (κ3) is 3.67. The predicted molar refractivity (Wildman–Crippen MR) is 126 cm³/mol. The first-order valence-corrected chi connectivity index (χ1v) is 13.1. The summed E-state index contributed by atoms with van der Waals surface area (Å²) in [4.78, 5) is 10.7. The quantitative estimate of drug-likeness (QED) is 0.217. The fraction of sp³-hybridized carbons (Fsp3) is 0.222. The molecule has 3 heterocycles. The number of aromatic nitrogens is 6. The Labute approximate surface area is 187 Å². The molecule has 1 atom stereocenters. The van der Waals surface area contributed by atoms with Gasteiger partial charge in [-0.25, -0.2) is 9.97 Å². The number of para-hydroxylation sites is 1. The van der Waals surface area contributed by atoms with E-state index in [1.54, 1.807) is 25.0 Å². The molecular weight excluding hydrogens is 524 g/mol. The lowest BCUT2D eigenvalue weighted by atomic mass is 10.1. The van der Waals surface area contributed by atoms with Crippen LogP contribution < -0.4 is 10.1 Å². The van der Waals surface area contributed by atoms with Crippen molar-refractivity contribution in [2.45, 2.75) is 13.8 Å². The number of fused-ring (bicyclic) bond motifs is 1. The molecular formula is C18H18ClIN7OP. The van der Waals surface area contributed by atoms with E-state index in [2.05, 4.69) is 47.5 Å². The highest BCUT2D eigenvalue weighted by atomic mass is 127. The molecule has 0 spiro atoms. The van der Waals surface area contributed by atoms with Gasteiger partial charge in [-0.1, -0.05) is 17.7 Å². The van der Waals surface area contributed by atoms with Crippen LogP contribution in [0.4, 0.5) is 11.4 Å². The van der Waals surface area contributed by atoms with Crippen molar-refractivity contribution in [3.63, 3.8) is 0 Å². The molecule has 150 valence electrons. The monoisotopic (exact) mass is 541 g/mol. The summed E-state index contributed by atoms with van der Waals surface area (Å²) in [6.45, 7) is 3.89. The van der Waals surface area contributed by atoms with E-state index in [1.807, 2.05) is 36.4 Å². The number of nitrogens with one attached hydrogen (secondary N) is 1. The zero-order valence-corrected chi connectivity index (χ0v) is 20.1. The molecule has 11 heteroatoms. The highest BCUT2D eigenvalue weighted by molar-refractivity contribution is 14.2. The number of nitrogens with zero attached hydrogens (tertiary/aromatic N) is 6. The lowest BCUT2D eigenvalue weighted by Crippen LogP contribution is -1.99. The summed E-state index contributed by atoms with van der Waals surface area (Å²) in [6.07, 6.45) is 0.478. The van der Waals surface area contributed by atoms with E-state index in [4.69, 9.17) is 16.3 Å². The van der Waals surface area contributed by atoms with Crippen molar-refractivity contribution in [1.82, 2.24) is 29.3 Å². The van der Waals surface area contributed by atoms with E-state index in [1.165, 1.54) is 0 Å². The van der Waals surface area contributed by atoms with E-state index in [-0.39, 0.29) is 0 Å². The average molecular weight is 542 g/mol. The Balaban J connectivity index is 1.85. The van der Waals surface area contributed by atoms with Crippen molar-refractivity contribution >= 4 is 62.6 Å². The maximum atomic E-state index is 6.31. The molecule has 0 aliphatic heterocycles. The minimum atomic E-state index is 0.399. The van der Waals surface area contributed by atoms with Crippen molar-refractivity contribution in [2.75, 3.05) is 12.4 Å². The molecule has 1 aromatic carbocycles. The SMILES string of the molecule is COc1c(Nc2cc(Cl)nc3c2nc(C)n3PI)cccc1-c1nn(C)nc1C. The van der Waals surface area contributed by atoms with Crippen molar-refractivity contribution in [3.8, 4) is 17.0 Å². The van der Waals surface area contributed by atoms with Crippen LogP contribution in [-0.4, -0.2) is 36.4 Å². The number of anilines is 2. The van der Waals surface area contributed by atoms with Gasteiger partial charge in [-0.3, -0.25) is 4.34 Å². The highest BCUT2D eigenvalue weighted by Gasteiger charge is 2.19. The van der Waals surface area contributed by atoms with Gasteiger partial charge in [-0.15, -0.1) is 0 Å². The maximum absolute atomic E-state index is 6.31. The van der Waals surface area contributed by atoms with Gasteiger partial charge in [0.05, 0.1) is 30.6 Å². The van der Waals surface area contributed by atoms with Gasteiger partial charge in [0.25, 0.3) is 0 Å². The van der Waals surface area contributed by atoms with Gasteiger partial charge in [-0.2, -0.15) is 15.0 Å². The molecule has 0 amide bonds. The van der Waals surface area contributed by atoms with E-state index in [0.717, 1.165) is 45.3 Å². The number of ether oxygens (including phenoxy) is 1. The predicted octanol–water partition coefficient (Wildman–Crippen LogP) is 5.04. The van der Waals surface area contributed by atoms with Gasteiger partial charge < -0.3 is 10.1 Å². The van der Waals surface area contributed by atoms with Crippen LogP contribution in [-0.2, 0) is 7.05 Å². The number of rotatable bonds is 5. The zero-order valence-electron chi connectivity index (χ0n) is 16.2. The van der Waals surface area contributed by atoms with Crippen LogP contribution in [0.5, 0.6) is 5.75 Å². The molecule has 1 N–H and O–H groups in total. The summed E-state index contributed by atoms with van der Waals surface area (Å²) in [5.41, 5.74) is 5.52. The first kappa shape index (κ1) is 20.3. The van der Waals surface area contributed by atoms with Gasteiger partial charge in [-0.05, 0) is 48.0 Å². The number of halogens is 2. The van der Waals surface area contributed by atoms with Crippen molar-refractivity contribution in [1.29, 1.82) is 0 Å². The largest absolute Gasteiger partial charge is 0.494 e. The average Bonchev–Trinajstić information content (AvgIpc) is 3.19. The Morgan fingerprint density at radius 2 is 1.97 bits per heavy atom. The summed E-state index contributed by atoms with van der Waals surface area (Å²) in [5.74, 6) is 1.56. The first-order valence-electron chi connectivity index (χ1n) is 8.67. The maximum Gasteiger partial charge on any atom is 0.167 e. The first-order chi connectivity index (χ1) is 13.9. The van der Waals surface area contributed by atoms with Crippen LogP contribution in [0.15, 0.2) is 24.3 Å². The Morgan fingerprint density at radius 3 is 2.62 bits per heavy atom. The zero-order chi connectivity index (χ0) is 20.7. The summed E-state index contributed by atoms with van der Waals surface area (Å²) >= 11 is 8.62. The summed E-state index contributed by atoms with van der Waals surface area (Å²) in [5, 5.41) is 12.6. The third-order valence-corrected chi connectivity index (χ3v) is 6.81. The van der Waals surface area contributed by atoms with E-state index < -0.39 is 0 Å². The van der Waals surface area contributed by atoms with Gasteiger partial charge in [0, 0.05) is 18.7 Å². The molecule has 4 rings (SSSR count). The number of methoxy groups -OCH3 is 1. The molecule has 0 saturated heterocycles. The number of aryl methyl sites for hydroxylation is 3. The molecule has 0 radical (unpaired) electrons. The van der Waals surface area contributed by atoms with Gasteiger partial charge >= 0.3 is 0 Å². The Kier molecular flexibility index (Phi) is 5.63. The van der Waals surface area contributed by atoms with Crippen LogP contribution in [0, 0.1) is 13.8 Å². The number of imidazole rings is 1. The highest BCUT2D eigenvalue weighted by Crippen LogP contribution is 2.40. The van der Waals surface area contributed by atoms with E-state index in [9.17, 15) is 0 Å². The van der Waals surface area contributed by atoms with Crippen LogP contribution in [0.1, 0.15) is 11.5 Å². The van der Waals surface area contributed by atoms with Gasteiger partial charge in [0.2, 0.25) is 0 Å². The third-order valence-electron chi connectivity index (χ3n) is 4.46. The van der Waals surface area contributed by atoms with Gasteiger partial charge in [0.15, 0.2) is 11.4 Å². The van der Waals surface area contributed by atoms with Crippen LogP contribution >= 0.6 is 40.0 Å². The molecule has 0 aliphatic carbocycles. The molecule has 0 aliphatic rings. The second-order valence-corrected chi connectivity index (χ2v) is 8.83. The lowest BCUT2D eigenvalue weighted by Gasteiger charge is -2.15. The number of pyridine rings is 1. The van der Waals surface area contributed by atoms with E-state index >= 15 is 0 Å². The molecule has 3 aromatic heterocycles. The number of hydrogen-bond acceptors (Lipinski definition) is 6. The lowest BCUT2D eigenvalue weighted by molar-refractivity contribution is 0.418. The van der Waals surface area contributed by atoms with Crippen molar-refractivity contribution < 1.29 is 4.74 Å². The smallest absolute Gasteiger partial charge is 0.167 e. The number of hydrogen-bond donors (Lipinski definition) is 1. The molecule has 0 saturated carbocycles. The van der Waals surface area contributed by atoms with Crippen LogP contribution in [0.2, 0.25) is 5.15 Å². The molecule has 0 bridgehead atoms. The fourth-order valence-electron chi connectivity index (χ4n) is 3.26. The minimum absolute atomic E-state index is 0.399. The van der Waals surface area contributed by atoms with E-state index in [0.29, 0.717) is 17.3 Å². The molecule has 0 fully saturated rings. The molecule has 8 nitrogen and oxygen atoms in total. The minimum Gasteiger partial charge on any atom is -0.494 e. The summed E-state index contributed by atoms with van der Waals surface area (Å²) in [6, 6.07) is 7.63.